The molecule has 0 aliphatic heterocycles. The zero-order valence-corrected chi connectivity index (χ0v) is 26.4. The molecule has 0 aliphatic rings. The van der Waals surface area contributed by atoms with Crippen LogP contribution in [-0.2, 0) is 26.9 Å². The van der Waals surface area contributed by atoms with E-state index in [0.29, 0.717) is 6.61 Å². The van der Waals surface area contributed by atoms with Crippen LogP contribution in [0, 0.1) is 0 Å². The molecule has 0 amide bonds. The van der Waals surface area contributed by atoms with E-state index in [1.807, 2.05) is 0 Å². The topological polar surface area (TPSA) is 199 Å². The first-order valence-electron chi connectivity index (χ1n) is 5.21. The van der Waals surface area contributed by atoms with Crippen LogP contribution in [0.25, 0.3) is 0 Å². The van der Waals surface area contributed by atoms with Gasteiger partial charge in [0.05, 0.1) is 0 Å². The first-order chi connectivity index (χ1) is 9.67. The van der Waals surface area contributed by atoms with Gasteiger partial charge in [0, 0.05) is 6.61 Å². The molecule has 0 aromatic rings. The molecule has 0 saturated carbocycles. The van der Waals surface area contributed by atoms with Crippen molar-refractivity contribution in [3.8, 4) is 0 Å². The number of rotatable bonds is 8. The van der Waals surface area contributed by atoms with E-state index >= 15 is 0 Å². The summed E-state index contributed by atoms with van der Waals surface area (Å²) in [7, 11) is -12.9. The summed E-state index contributed by atoms with van der Waals surface area (Å²) in [5.74, 6) is 0. The Bertz CT molecular complexity index is 284. The van der Waals surface area contributed by atoms with Crippen molar-refractivity contribution in [3.63, 3.8) is 0 Å². The number of hydrogen-bond acceptors (Lipinski definition) is 11. The van der Waals surface area contributed by atoms with Crippen LogP contribution in [-0.4, -0.2) is 11.7 Å². The Morgan fingerprint density at radius 1 is 0.680 bits per heavy atom. The molecule has 1 N–H and O–H groups in total. The predicted octanol–water partition coefficient (Wildman–Crippen LogP) is -12.3. The van der Waals surface area contributed by atoms with E-state index in [1.165, 1.54) is 19.3 Å². The predicted molar refractivity (Wildman–Crippen MR) is 63.8 cm³/mol. The van der Waals surface area contributed by atoms with Gasteiger partial charge in [-0.1, -0.05) is 26.2 Å². The summed E-state index contributed by atoms with van der Waals surface area (Å²) in [5.41, 5.74) is 0. The molecule has 0 aromatic heterocycles. The van der Waals surface area contributed by atoms with Gasteiger partial charge in [-0.3, -0.25) is 0 Å². The number of aliphatic hydroxyl groups excluding tert-OH is 1. The van der Waals surface area contributed by atoms with Crippen molar-refractivity contribution >= 4 is 33.0 Å². The van der Waals surface area contributed by atoms with Crippen molar-refractivity contribution < 1.29 is 170 Å². The van der Waals surface area contributed by atoms with Crippen LogP contribution in [0.2, 0.25) is 0 Å². The molecule has 0 spiro atoms. The molecule has 0 bridgehead atoms. The van der Waals surface area contributed by atoms with Crippen LogP contribution in [0.15, 0.2) is 0 Å². The first-order valence-corrected chi connectivity index (χ1v) is 9.60. The number of hydrogen-bond donors (Lipinski definition) is 1. The van der Waals surface area contributed by atoms with Crippen molar-refractivity contribution in [1.82, 2.24) is 0 Å². The third-order valence-electron chi connectivity index (χ3n) is 1.28. The van der Waals surface area contributed by atoms with E-state index in [2.05, 4.69) is 15.5 Å². The second kappa shape index (κ2) is 38.7. The third-order valence-corrected chi connectivity index (χ3v) is 3.41. The van der Waals surface area contributed by atoms with Gasteiger partial charge in [-0.05, 0) is 24.7 Å². The van der Waals surface area contributed by atoms with Crippen molar-refractivity contribution in [2.75, 3.05) is 6.61 Å². The molecule has 0 radical (unpaired) electrons. The van der Waals surface area contributed by atoms with Crippen LogP contribution in [0.4, 0.5) is 0 Å². The van der Waals surface area contributed by atoms with Crippen molar-refractivity contribution in [2.24, 2.45) is 0 Å². The van der Waals surface area contributed by atoms with E-state index in [-0.39, 0.29) is 118 Å². The Labute approximate surface area is 238 Å². The third kappa shape index (κ3) is 73.8. The molecular weight excluding hydrogens is 464 g/mol. The molecule has 0 heterocycles. The van der Waals surface area contributed by atoms with Gasteiger partial charge in [0.1, 0.15) is 8.62 Å². The molecule has 0 rings (SSSR count). The van der Waals surface area contributed by atoms with Gasteiger partial charge in [-0.2, -0.15) is 0 Å². The molecule has 124 valence electrons. The van der Waals surface area contributed by atoms with Crippen LogP contribution in [0.3, 0.4) is 0 Å². The summed E-state index contributed by atoms with van der Waals surface area (Å²) in [6.45, 7) is 2.53. The molecule has 0 aliphatic carbocycles. The SMILES string of the molecule is CCCCCCO.O=[P+]([O-])O[P+](=O)[O-].O=[P+]([O-])O[P+](=O)[O-].[Na+].[Na+].[Na+].[Na+]. The second-order valence-electron chi connectivity index (χ2n) is 2.84. The Morgan fingerprint density at radius 2 is 0.960 bits per heavy atom. The summed E-state index contributed by atoms with van der Waals surface area (Å²) < 4.78 is 43.3. The Hall–Kier alpha value is 4.12. The molecule has 4 unspecified atom stereocenters. The standard InChI is InChI=1S/C6H14O.4Na.2O5P2/c1-2-3-4-5-6-7;;;;;2*1-6(2)5-7(3)4/h7H,2-6H2,1H3;;;;;;/q;4*+1;;. The summed E-state index contributed by atoms with van der Waals surface area (Å²) in [4.78, 5) is 37.0. The maximum Gasteiger partial charge on any atom is 1.00 e. The zero-order chi connectivity index (χ0) is 17.3. The monoisotopic (exact) mass is 478 g/mol. The van der Waals surface area contributed by atoms with Crippen LogP contribution in [0.1, 0.15) is 32.6 Å². The van der Waals surface area contributed by atoms with Gasteiger partial charge < -0.3 is 24.7 Å². The molecular formula is C6H14Na4O11P4+4. The molecule has 11 nitrogen and oxygen atoms in total. The fraction of sp³-hybridized carbons (Fsp3) is 1.00. The van der Waals surface area contributed by atoms with E-state index < -0.39 is 33.0 Å². The summed E-state index contributed by atoms with van der Waals surface area (Å²) in [6.07, 6.45) is 4.68. The van der Waals surface area contributed by atoms with Gasteiger partial charge in [0.15, 0.2) is 0 Å². The largest absolute Gasteiger partial charge is 1.00 e. The smallest absolute Gasteiger partial charge is 0.563 e. The Kier molecular flexibility index (Phi) is 72.8. The van der Waals surface area contributed by atoms with Crippen LogP contribution >= 0.6 is 33.0 Å². The maximum atomic E-state index is 9.24. The van der Waals surface area contributed by atoms with Gasteiger partial charge in [-0.15, -0.1) is 0 Å². The molecule has 19 heteroatoms. The second-order valence-corrected chi connectivity index (χ2v) is 5.94. The fourth-order valence-electron chi connectivity index (χ4n) is 0.647. The summed E-state index contributed by atoms with van der Waals surface area (Å²) >= 11 is 0. The van der Waals surface area contributed by atoms with E-state index in [1.54, 1.807) is 0 Å². The minimum Gasteiger partial charge on any atom is -0.563 e. The van der Waals surface area contributed by atoms with Crippen molar-refractivity contribution in [3.05, 3.63) is 0 Å². The molecule has 0 aromatic carbocycles. The quantitative estimate of drug-likeness (QED) is 0.197. The zero-order valence-electron chi connectivity index (χ0n) is 14.9. The Balaban J connectivity index is -0.0000000360. The van der Waals surface area contributed by atoms with E-state index in [4.69, 9.17) is 5.11 Å². The van der Waals surface area contributed by atoms with Gasteiger partial charge in [0.25, 0.3) is 0 Å². The van der Waals surface area contributed by atoms with Gasteiger partial charge in [-0.25, -0.2) is 0 Å². The number of aliphatic hydroxyl groups is 1. The first kappa shape index (κ1) is 47.1. The fourth-order valence-corrected chi connectivity index (χ4v) is 1.52. The van der Waals surface area contributed by atoms with E-state index in [0.717, 1.165) is 6.42 Å². The van der Waals surface area contributed by atoms with Crippen molar-refractivity contribution in [1.29, 1.82) is 0 Å². The maximum absolute atomic E-state index is 9.24. The minimum atomic E-state index is -3.24. The molecule has 25 heavy (non-hydrogen) atoms. The van der Waals surface area contributed by atoms with Crippen LogP contribution < -0.4 is 138 Å². The molecule has 0 fully saturated rings. The van der Waals surface area contributed by atoms with E-state index in [9.17, 15) is 37.8 Å². The summed E-state index contributed by atoms with van der Waals surface area (Å²) in [5, 5.41) is 8.29. The van der Waals surface area contributed by atoms with Gasteiger partial charge in [0.2, 0.25) is 0 Å². The average molecular weight is 478 g/mol. The van der Waals surface area contributed by atoms with Crippen LogP contribution in [0.5, 0.6) is 0 Å². The average Bonchev–Trinajstić information content (AvgIpc) is 2.27. The Morgan fingerprint density at radius 3 is 1.08 bits per heavy atom. The molecule has 0 saturated heterocycles. The van der Waals surface area contributed by atoms with Gasteiger partial charge >= 0.3 is 151 Å². The summed E-state index contributed by atoms with van der Waals surface area (Å²) in [6, 6.07) is 0. The van der Waals surface area contributed by atoms with Crippen molar-refractivity contribution in [2.45, 2.75) is 32.6 Å². The minimum absolute atomic E-state index is 0. The number of unbranched alkanes of at least 4 members (excludes halogenated alkanes) is 3. The molecule has 4 atom stereocenters. The normalized spacial score (nSPS) is 10.2.